The maximum Gasteiger partial charge on any atom is 0.317 e. The lowest BCUT2D eigenvalue weighted by atomic mass is 10.1. The Labute approximate surface area is 149 Å². The van der Waals surface area contributed by atoms with E-state index in [0.29, 0.717) is 13.0 Å². The monoisotopic (exact) mass is 344 g/mol. The zero-order valence-electron chi connectivity index (χ0n) is 15.2. The van der Waals surface area contributed by atoms with Crippen molar-refractivity contribution in [1.29, 1.82) is 0 Å². The van der Waals surface area contributed by atoms with Gasteiger partial charge in [0.1, 0.15) is 5.82 Å². The minimum absolute atomic E-state index is 0.0253. The number of hydrogen-bond acceptors (Lipinski definition) is 4. The van der Waals surface area contributed by atoms with E-state index in [1.54, 1.807) is 0 Å². The number of hydrogen-bond donors (Lipinski definition) is 1. The second kappa shape index (κ2) is 8.29. The van der Waals surface area contributed by atoms with Crippen molar-refractivity contribution >= 4 is 11.7 Å². The van der Waals surface area contributed by atoms with Crippen molar-refractivity contribution in [2.45, 2.75) is 26.7 Å². The van der Waals surface area contributed by atoms with Gasteiger partial charge in [0.15, 0.2) is 5.65 Å². The van der Waals surface area contributed by atoms with Gasteiger partial charge >= 0.3 is 6.03 Å². The van der Waals surface area contributed by atoms with E-state index < -0.39 is 0 Å². The van der Waals surface area contributed by atoms with Crippen molar-refractivity contribution in [2.24, 2.45) is 5.92 Å². The number of carbonyl (C=O) groups excluding carboxylic acids is 1. The molecule has 1 fully saturated rings. The Hall–Kier alpha value is -2.15. The lowest BCUT2D eigenvalue weighted by molar-refractivity contribution is 0.136. The Bertz CT molecular complexity index is 690. The zero-order chi connectivity index (χ0) is 17.6. The second-order valence-electron chi connectivity index (χ2n) is 7.04. The normalized spacial score (nSPS) is 15.9. The molecule has 0 spiro atoms. The molecule has 2 aromatic rings. The summed E-state index contributed by atoms with van der Waals surface area (Å²) in [4.78, 5) is 16.7. The van der Waals surface area contributed by atoms with Crippen LogP contribution in [-0.2, 0) is 6.42 Å². The highest BCUT2D eigenvalue weighted by Crippen LogP contribution is 2.07. The van der Waals surface area contributed by atoms with E-state index in [9.17, 15) is 4.79 Å². The zero-order valence-corrected chi connectivity index (χ0v) is 15.2. The van der Waals surface area contributed by atoms with Crippen LogP contribution in [0.5, 0.6) is 0 Å². The lowest BCUT2D eigenvalue weighted by Gasteiger charge is -2.35. The largest absolute Gasteiger partial charge is 0.338 e. The van der Waals surface area contributed by atoms with Gasteiger partial charge in [0.05, 0.1) is 0 Å². The molecule has 0 bridgehead atoms. The molecule has 0 radical (unpaired) electrons. The second-order valence-corrected chi connectivity index (χ2v) is 7.04. The maximum atomic E-state index is 12.3. The predicted molar refractivity (Wildman–Crippen MR) is 97.6 cm³/mol. The van der Waals surface area contributed by atoms with E-state index in [1.165, 1.54) is 6.42 Å². The number of carbonyl (C=O) groups is 1. The summed E-state index contributed by atoms with van der Waals surface area (Å²) in [5, 5.41) is 11.3. The molecule has 3 rings (SSSR count). The third kappa shape index (κ3) is 4.69. The SMILES string of the molecule is CC(C)CCN1CCN(C(=O)NCCc2nnc3ccccn23)CC1. The number of urea groups is 1. The predicted octanol–water partition coefficient (Wildman–Crippen LogP) is 1.65. The summed E-state index contributed by atoms with van der Waals surface area (Å²) in [6.07, 6.45) is 3.84. The number of fused-ring (bicyclic) bond motifs is 1. The van der Waals surface area contributed by atoms with Gasteiger partial charge in [-0.2, -0.15) is 0 Å². The fourth-order valence-corrected chi connectivity index (χ4v) is 3.07. The van der Waals surface area contributed by atoms with Crippen LogP contribution in [0.1, 0.15) is 26.1 Å². The van der Waals surface area contributed by atoms with E-state index in [-0.39, 0.29) is 6.03 Å². The third-order valence-electron chi connectivity index (χ3n) is 4.69. The average Bonchev–Trinajstić information content (AvgIpc) is 3.03. The Morgan fingerprint density at radius 2 is 2.00 bits per heavy atom. The van der Waals surface area contributed by atoms with E-state index in [0.717, 1.165) is 50.1 Å². The van der Waals surface area contributed by atoms with Gasteiger partial charge in [-0.3, -0.25) is 9.30 Å². The van der Waals surface area contributed by atoms with Crippen LogP contribution < -0.4 is 5.32 Å². The molecular formula is C18H28N6O. The van der Waals surface area contributed by atoms with E-state index in [1.807, 2.05) is 33.7 Å². The number of amides is 2. The Balaban J connectivity index is 1.40. The molecular weight excluding hydrogens is 316 g/mol. The molecule has 0 aromatic carbocycles. The van der Waals surface area contributed by atoms with Gasteiger partial charge in [0.25, 0.3) is 0 Å². The molecule has 3 heterocycles. The number of pyridine rings is 1. The Morgan fingerprint density at radius 3 is 2.76 bits per heavy atom. The van der Waals surface area contributed by atoms with Crippen LogP contribution in [0.25, 0.3) is 5.65 Å². The first-order valence-corrected chi connectivity index (χ1v) is 9.17. The molecule has 1 N–H and O–H groups in total. The third-order valence-corrected chi connectivity index (χ3v) is 4.69. The Morgan fingerprint density at radius 1 is 1.20 bits per heavy atom. The van der Waals surface area contributed by atoms with Crippen LogP contribution in [-0.4, -0.2) is 69.7 Å². The van der Waals surface area contributed by atoms with Crippen molar-refractivity contribution in [3.8, 4) is 0 Å². The van der Waals surface area contributed by atoms with Crippen molar-refractivity contribution in [1.82, 2.24) is 29.7 Å². The van der Waals surface area contributed by atoms with Gasteiger partial charge in [0.2, 0.25) is 0 Å². The molecule has 0 atom stereocenters. The standard InChI is InChI=1S/C18H28N6O/c1-15(2)7-10-22-11-13-23(14-12-22)18(25)19-8-6-17-21-20-16-5-3-4-9-24(16)17/h3-5,9,15H,6-8,10-14H2,1-2H3,(H,19,25). The van der Waals surface area contributed by atoms with Gasteiger partial charge < -0.3 is 10.2 Å². The van der Waals surface area contributed by atoms with Crippen LogP contribution in [0, 0.1) is 5.92 Å². The van der Waals surface area contributed by atoms with E-state index in [2.05, 4.69) is 34.3 Å². The summed E-state index contributed by atoms with van der Waals surface area (Å²) in [5.41, 5.74) is 0.835. The topological polar surface area (TPSA) is 65.8 Å². The van der Waals surface area contributed by atoms with Crippen molar-refractivity contribution in [3.63, 3.8) is 0 Å². The number of rotatable bonds is 6. The van der Waals surface area contributed by atoms with Crippen molar-refractivity contribution < 1.29 is 4.79 Å². The number of nitrogens with one attached hydrogen (secondary N) is 1. The van der Waals surface area contributed by atoms with Gasteiger partial charge in [-0.25, -0.2) is 4.79 Å². The quantitative estimate of drug-likeness (QED) is 0.865. The molecule has 136 valence electrons. The number of nitrogens with zero attached hydrogens (tertiary/aromatic N) is 5. The molecule has 1 saturated heterocycles. The average molecular weight is 344 g/mol. The summed E-state index contributed by atoms with van der Waals surface area (Å²) >= 11 is 0. The first-order chi connectivity index (χ1) is 12.1. The van der Waals surface area contributed by atoms with Crippen LogP contribution in [0.15, 0.2) is 24.4 Å². The molecule has 7 nitrogen and oxygen atoms in total. The molecule has 1 aliphatic rings. The van der Waals surface area contributed by atoms with E-state index in [4.69, 9.17) is 0 Å². The van der Waals surface area contributed by atoms with Crippen LogP contribution in [0.2, 0.25) is 0 Å². The minimum atomic E-state index is 0.0253. The summed E-state index contributed by atoms with van der Waals surface area (Å²) < 4.78 is 1.96. The first-order valence-electron chi connectivity index (χ1n) is 9.17. The molecule has 0 aliphatic carbocycles. The molecule has 2 amide bonds. The van der Waals surface area contributed by atoms with Crippen molar-refractivity contribution in [3.05, 3.63) is 30.2 Å². The fourth-order valence-electron chi connectivity index (χ4n) is 3.07. The fraction of sp³-hybridized carbons (Fsp3) is 0.611. The molecule has 0 unspecified atom stereocenters. The highest BCUT2D eigenvalue weighted by atomic mass is 16.2. The van der Waals surface area contributed by atoms with Gasteiger partial charge in [-0.05, 0) is 31.0 Å². The van der Waals surface area contributed by atoms with Crippen LogP contribution in [0.4, 0.5) is 4.79 Å². The minimum Gasteiger partial charge on any atom is -0.338 e. The number of aromatic nitrogens is 3. The smallest absolute Gasteiger partial charge is 0.317 e. The highest BCUT2D eigenvalue weighted by molar-refractivity contribution is 5.74. The molecule has 2 aromatic heterocycles. The summed E-state index contributed by atoms with van der Waals surface area (Å²) in [7, 11) is 0. The summed E-state index contributed by atoms with van der Waals surface area (Å²) in [6.45, 7) is 9.75. The molecule has 25 heavy (non-hydrogen) atoms. The van der Waals surface area contributed by atoms with Crippen LogP contribution >= 0.6 is 0 Å². The van der Waals surface area contributed by atoms with Gasteiger partial charge in [0, 0.05) is 45.3 Å². The number of piperazine rings is 1. The van der Waals surface area contributed by atoms with Crippen molar-refractivity contribution in [2.75, 3.05) is 39.3 Å². The Kier molecular flexibility index (Phi) is 5.86. The first kappa shape index (κ1) is 17.7. The summed E-state index contributed by atoms with van der Waals surface area (Å²) in [6, 6.07) is 5.85. The molecule has 1 aliphatic heterocycles. The molecule has 7 heteroatoms. The highest BCUT2D eigenvalue weighted by Gasteiger charge is 2.20. The summed E-state index contributed by atoms with van der Waals surface area (Å²) in [5.74, 6) is 1.60. The lowest BCUT2D eigenvalue weighted by Crippen LogP contribution is -2.52. The maximum absolute atomic E-state index is 12.3. The van der Waals surface area contributed by atoms with Gasteiger partial charge in [-0.1, -0.05) is 19.9 Å². The van der Waals surface area contributed by atoms with Crippen LogP contribution in [0.3, 0.4) is 0 Å². The molecule has 0 saturated carbocycles. The van der Waals surface area contributed by atoms with Gasteiger partial charge in [-0.15, -0.1) is 10.2 Å². The van der Waals surface area contributed by atoms with E-state index >= 15 is 0 Å².